The van der Waals surface area contributed by atoms with Gasteiger partial charge in [0.2, 0.25) is 5.91 Å². The fourth-order valence-corrected chi connectivity index (χ4v) is 2.35. The summed E-state index contributed by atoms with van der Waals surface area (Å²) >= 11 is 0. The molecule has 14 heavy (non-hydrogen) atoms. The molecule has 1 amide bonds. The van der Waals surface area contributed by atoms with Crippen LogP contribution in [0.25, 0.3) is 0 Å². The van der Waals surface area contributed by atoms with E-state index in [4.69, 9.17) is 0 Å². The maximum atomic E-state index is 11.1. The molecule has 0 aromatic carbocycles. The quantitative estimate of drug-likeness (QED) is 0.686. The van der Waals surface area contributed by atoms with E-state index < -0.39 is 0 Å². The topological polar surface area (TPSA) is 29.1 Å². The summed E-state index contributed by atoms with van der Waals surface area (Å²) in [5.74, 6) is 1.55. The largest absolute Gasteiger partial charge is 0.350 e. The Bertz CT molecular complexity index is 210. The second kappa shape index (κ2) is 5.18. The van der Waals surface area contributed by atoms with Crippen LogP contribution < -0.4 is 5.32 Å². The molecule has 0 saturated heterocycles. The van der Waals surface area contributed by atoms with Crippen LogP contribution in [0.3, 0.4) is 0 Å². The van der Waals surface area contributed by atoms with Crippen molar-refractivity contribution in [1.82, 2.24) is 5.32 Å². The van der Waals surface area contributed by atoms with Crippen molar-refractivity contribution in [3.8, 4) is 0 Å². The number of hydrogen-bond acceptors (Lipinski definition) is 1. The first-order valence-electron chi connectivity index (χ1n) is 5.54. The van der Waals surface area contributed by atoms with Crippen molar-refractivity contribution in [3.63, 3.8) is 0 Å². The van der Waals surface area contributed by atoms with Crippen LogP contribution in [0.2, 0.25) is 0 Å². The van der Waals surface area contributed by atoms with Crippen LogP contribution in [0.5, 0.6) is 0 Å². The lowest BCUT2D eigenvalue weighted by atomic mass is 9.96. The first kappa shape index (κ1) is 11.3. The molecule has 1 aliphatic rings. The summed E-state index contributed by atoms with van der Waals surface area (Å²) in [4.78, 5) is 11.1. The van der Waals surface area contributed by atoms with Gasteiger partial charge in [-0.3, -0.25) is 4.79 Å². The van der Waals surface area contributed by atoms with E-state index in [1.165, 1.54) is 18.9 Å². The molecule has 0 bridgehead atoms. The van der Waals surface area contributed by atoms with Gasteiger partial charge in [-0.25, -0.2) is 0 Å². The van der Waals surface area contributed by atoms with Gasteiger partial charge in [0.1, 0.15) is 0 Å². The lowest BCUT2D eigenvalue weighted by Gasteiger charge is -2.13. The van der Waals surface area contributed by atoms with Crippen LogP contribution >= 0.6 is 0 Å². The van der Waals surface area contributed by atoms with Crippen LogP contribution in [0.15, 0.2) is 12.7 Å². The molecule has 1 rings (SSSR count). The minimum absolute atomic E-state index is 0.0276. The Hall–Kier alpha value is -0.790. The molecule has 2 atom stereocenters. The van der Waals surface area contributed by atoms with E-state index in [1.807, 2.05) is 0 Å². The zero-order chi connectivity index (χ0) is 10.6. The molecule has 0 heterocycles. The Morgan fingerprint density at radius 2 is 2.29 bits per heavy atom. The maximum Gasteiger partial charge on any atom is 0.243 e. The van der Waals surface area contributed by atoms with Crippen molar-refractivity contribution in [3.05, 3.63) is 12.7 Å². The first-order valence-corrected chi connectivity index (χ1v) is 5.54. The van der Waals surface area contributed by atoms with Gasteiger partial charge in [-0.05, 0) is 43.6 Å². The Balaban J connectivity index is 2.26. The van der Waals surface area contributed by atoms with Crippen molar-refractivity contribution in [2.45, 2.75) is 45.6 Å². The van der Waals surface area contributed by atoms with Crippen LogP contribution in [0, 0.1) is 11.8 Å². The van der Waals surface area contributed by atoms with Gasteiger partial charge in [0.15, 0.2) is 0 Å². The first-order chi connectivity index (χ1) is 6.61. The molecular weight excluding hydrogens is 174 g/mol. The predicted octanol–water partition coefficient (Wildman–Crippen LogP) is 2.50. The van der Waals surface area contributed by atoms with Crippen LogP contribution in [-0.4, -0.2) is 11.9 Å². The normalized spacial score (nSPS) is 26.5. The summed E-state index contributed by atoms with van der Waals surface area (Å²) in [5, 5.41) is 2.97. The fraction of sp³-hybridized carbons (Fsp3) is 0.750. The molecule has 1 aliphatic carbocycles. The number of nitrogens with one attached hydrogen (secondary N) is 1. The number of hydrogen-bond donors (Lipinski definition) is 1. The van der Waals surface area contributed by atoms with Gasteiger partial charge >= 0.3 is 0 Å². The average molecular weight is 195 g/mol. The second-order valence-corrected chi connectivity index (χ2v) is 4.72. The maximum absolute atomic E-state index is 11.1. The molecule has 1 fully saturated rings. The predicted molar refractivity (Wildman–Crippen MR) is 58.9 cm³/mol. The number of amides is 1. The van der Waals surface area contributed by atoms with Crippen molar-refractivity contribution >= 4 is 5.91 Å². The minimum atomic E-state index is -0.0276. The minimum Gasteiger partial charge on any atom is -0.350 e. The zero-order valence-electron chi connectivity index (χ0n) is 9.25. The average Bonchev–Trinajstić information content (AvgIpc) is 2.51. The van der Waals surface area contributed by atoms with Gasteiger partial charge in [-0.1, -0.05) is 20.4 Å². The molecule has 1 N–H and O–H groups in total. The summed E-state index contributed by atoms with van der Waals surface area (Å²) < 4.78 is 0. The molecule has 0 aromatic rings. The Morgan fingerprint density at radius 3 is 2.86 bits per heavy atom. The summed E-state index contributed by atoms with van der Waals surface area (Å²) in [6.45, 7) is 7.98. The molecule has 0 radical (unpaired) electrons. The molecule has 0 spiro atoms. The van der Waals surface area contributed by atoms with Gasteiger partial charge in [-0.15, -0.1) is 0 Å². The molecule has 0 aromatic heterocycles. The van der Waals surface area contributed by atoms with Gasteiger partial charge in [0, 0.05) is 6.04 Å². The zero-order valence-corrected chi connectivity index (χ0v) is 9.25. The Kier molecular flexibility index (Phi) is 4.18. The smallest absolute Gasteiger partial charge is 0.243 e. The van der Waals surface area contributed by atoms with E-state index in [2.05, 4.69) is 25.7 Å². The highest BCUT2D eigenvalue weighted by atomic mass is 16.1. The standard InChI is InChI=1S/C12H21NO/c1-4-12(14)13-11-6-5-10(8-11)7-9(2)3/h4,9-11H,1,5-8H2,2-3H3,(H,13,14)/t10-,11?/m0/s1. The molecular formula is C12H21NO. The molecule has 2 heteroatoms. The highest BCUT2D eigenvalue weighted by Gasteiger charge is 2.25. The lowest BCUT2D eigenvalue weighted by Crippen LogP contribution is -2.31. The lowest BCUT2D eigenvalue weighted by molar-refractivity contribution is -0.117. The van der Waals surface area contributed by atoms with Crippen molar-refractivity contribution < 1.29 is 4.79 Å². The Labute approximate surface area is 86.8 Å². The van der Waals surface area contributed by atoms with Gasteiger partial charge in [0.05, 0.1) is 0 Å². The molecule has 2 nitrogen and oxygen atoms in total. The van der Waals surface area contributed by atoms with Crippen molar-refractivity contribution in [1.29, 1.82) is 0 Å². The van der Waals surface area contributed by atoms with E-state index in [0.717, 1.165) is 24.7 Å². The molecule has 80 valence electrons. The molecule has 0 aliphatic heterocycles. The van der Waals surface area contributed by atoms with Crippen LogP contribution in [-0.2, 0) is 4.79 Å². The van der Waals surface area contributed by atoms with Crippen molar-refractivity contribution in [2.75, 3.05) is 0 Å². The summed E-state index contributed by atoms with van der Waals surface area (Å²) in [7, 11) is 0. The SMILES string of the molecule is C=CC(=O)NC1CC[C@@H](CC(C)C)C1. The molecule has 1 saturated carbocycles. The second-order valence-electron chi connectivity index (χ2n) is 4.72. The van der Waals surface area contributed by atoms with Crippen LogP contribution in [0.4, 0.5) is 0 Å². The third-order valence-electron chi connectivity index (χ3n) is 2.88. The number of carbonyl (C=O) groups excluding carboxylic acids is 1. The van der Waals surface area contributed by atoms with E-state index in [0.29, 0.717) is 6.04 Å². The number of carbonyl (C=O) groups is 1. The fourth-order valence-electron chi connectivity index (χ4n) is 2.35. The number of rotatable bonds is 4. The van der Waals surface area contributed by atoms with E-state index in [-0.39, 0.29) is 5.91 Å². The van der Waals surface area contributed by atoms with Gasteiger partial charge < -0.3 is 5.32 Å². The summed E-state index contributed by atoms with van der Waals surface area (Å²) in [6.07, 6.45) is 6.20. The van der Waals surface area contributed by atoms with Gasteiger partial charge in [-0.2, -0.15) is 0 Å². The summed E-state index contributed by atoms with van der Waals surface area (Å²) in [6, 6.07) is 0.393. The third-order valence-corrected chi connectivity index (χ3v) is 2.88. The van der Waals surface area contributed by atoms with E-state index in [1.54, 1.807) is 0 Å². The summed E-state index contributed by atoms with van der Waals surface area (Å²) in [5.41, 5.74) is 0. The highest BCUT2D eigenvalue weighted by Crippen LogP contribution is 2.30. The highest BCUT2D eigenvalue weighted by molar-refractivity contribution is 5.87. The van der Waals surface area contributed by atoms with Crippen LogP contribution in [0.1, 0.15) is 39.5 Å². The monoisotopic (exact) mass is 195 g/mol. The molecule has 1 unspecified atom stereocenters. The van der Waals surface area contributed by atoms with E-state index in [9.17, 15) is 4.79 Å². The van der Waals surface area contributed by atoms with Crippen molar-refractivity contribution in [2.24, 2.45) is 11.8 Å². The Morgan fingerprint density at radius 1 is 1.57 bits per heavy atom. The third kappa shape index (κ3) is 3.52. The van der Waals surface area contributed by atoms with E-state index >= 15 is 0 Å². The van der Waals surface area contributed by atoms with Gasteiger partial charge in [0.25, 0.3) is 0 Å².